The first-order valence-corrected chi connectivity index (χ1v) is 10.7. The van der Waals surface area contributed by atoms with Gasteiger partial charge in [0.2, 0.25) is 15.9 Å². The largest absolute Gasteiger partial charge is 0.462 e. The topological polar surface area (TPSA) is 92.8 Å². The predicted octanol–water partition coefficient (Wildman–Crippen LogP) is 3.31. The van der Waals surface area contributed by atoms with Crippen LogP contribution >= 0.6 is 11.6 Å². The number of anilines is 2. The summed E-state index contributed by atoms with van der Waals surface area (Å²) in [6, 6.07) is 11.3. The number of rotatable bonds is 7. The Kier molecular flexibility index (Phi) is 7.04. The van der Waals surface area contributed by atoms with Crippen molar-refractivity contribution in [1.82, 2.24) is 0 Å². The van der Waals surface area contributed by atoms with Gasteiger partial charge in [-0.3, -0.25) is 9.10 Å². The van der Waals surface area contributed by atoms with Gasteiger partial charge in [0.05, 0.1) is 24.1 Å². The number of nitrogens with zero attached hydrogens (tertiary/aromatic N) is 1. The normalized spacial score (nSPS) is 12.1. The first-order valence-electron chi connectivity index (χ1n) is 8.46. The van der Waals surface area contributed by atoms with E-state index in [1.807, 2.05) is 0 Å². The van der Waals surface area contributed by atoms with Crippen molar-refractivity contribution in [3.63, 3.8) is 0 Å². The van der Waals surface area contributed by atoms with Crippen molar-refractivity contribution in [3.05, 3.63) is 59.1 Å². The molecular formula is C19H21ClN2O5S. The lowest BCUT2D eigenvalue weighted by Crippen LogP contribution is -2.45. The molecule has 1 amide bonds. The van der Waals surface area contributed by atoms with E-state index < -0.39 is 27.9 Å². The van der Waals surface area contributed by atoms with E-state index in [0.717, 1.165) is 10.6 Å². The molecule has 7 nitrogen and oxygen atoms in total. The third-order valence-corrected chi connectivity index (χ3v) is 5.30. The van der Waals surface area contributed by atoms with Crippen molar-refractivity contribution in [2.24, 2.45) is 0 Å². The summed E-state index contributed by atoms with van der Waals surface area (Å²) in [6.07, 6.45) is 1.02. The number of amides is 1. The Hall–Kier alpha value is -2.58. The Bertz CT molecular complexity index is 961. The zero-order chi connectivity index (χ0) is 20.9. The molecule has 0 aliphatic carbocycles. The Balaban J connectivity index is 2.25. The van der Waals surface area contributed by atoms with Gasteiger partial charge >= 0.3 is 5.97 Å². The van der Waals surface area contributed by atoms with Crippen molar-refractivity contribution in [2.45, 2.75) is 19.9 Å². The molecule has 0 unspecified atom stereocenters. The molecule has 9 heteroatoms. The second kappa shape index (κ2) is 9.07. The minimum Gasteiger partial charge on any atom is -0.462 e. The van der Waals surface area contributed by atoms with Gasteiger partial charge in [0.25, 0.3) is 0 Å². The SMILES string of the molecule is CCOC(=O)c1cccc(NC(=O)[C@@H](C)N(c2ccc(Cl)cc2)S(C)(=O)=O)c1. The van der Waals surface area contributed by atoms with Crippen molar-refractivity contribution in [2.75, 3.05) is 22.5 Å². The Morgan fingerprint density at radius 1 is 1.18 bits per heavy atom. The van der Waals surface area contributed by atoms with Gasteiger partial charge in [0.1, 0.15) is 6.04 Å². The molecule has 0 saturated carbocycles. The molecule has 2 rings (SSSR count). The van der Waals surface area contributed by atoms with Gasteiger partial charge in [-0.2, -0.15) is 0 Å². The Labute approximate surface area is 169 Å². The Morgan fingerprint density at radius 2 is 1.82 bits per heavy atom. The lowest BCUT2D eigenvalue weighted by Gasteiger charge is -2.28. The molecule has 150 valence electrons. The summed E-state index contributed by atoms with van der Waals surface area (Å²) < 4.78 is 30.5. The number of nitrogens with one attached hydrogen (secondary N) is 1. The van der Waals surface area contributed by atoms with Gasteiger partial charge < -0.3 is 10.1 Å². The molecule has 1 N–H and O–H groups in total. The Morgan fingerprint density at radius 3 is 2.39 bits per heavy atom. The molecule has 0 fully saturated rings. The molecule has 1 atom stereocenters. The van der Waals surface area contributed by atoms with E-state index in [2.05, 4.69) is 5.32 Å². The first kappa shape index (κ1) is 21.7. The van der Waals surface area contributed by atoms with Gasteiger partial charge in [0, 0.05) is 10.7 Å². The van der Waals surface area contributed by atoms with E-state index in [1.165, 1.54) is 25.1 Å². The van der Waals surface area contributed by atoms with E-state index in [-0.39, 0.29) is 12.2 Å². The second-order valence-electron chi connectivity index (χ2n) is 6.00. The number of carbonyl (C=O) groups is 2. The summed E-state index contributed by atoms with van der Waals surface area (Å²) in [4.78, 5) is 24.5. The molecule has 0 bridgehead atoms. The number of halogens is 1. The summed E-state index contributed by atoms with van der Waals surface area (Å²) in [7, 11) is -3.74. The number of hydrogen-bond donors (Lipinski definition) is 1. The number of benzene rings is 2. The highest BCUT2D eigenvalue weighted by atomic mass is 35.5. The maximum atomic E-state index is 12.7. The highest BCUT2D eigenvalue weighted by Gasteiger charge is 2.29. The van der Waals surface area contributed by atoms with Crippen LogP contribution in [0, 0.1) is 0 Å². The average Bonchev–Trinajstić information content (AvgIpc) is 2.62. The molecule has 28 heavy (non-hydrogen) atoms. The lowest BCUT2D eigenvalue weighted by molar-refractivity contribution is -0.116. The average molecular weight is 425 g/mol. The van der Waals surface area contributed by atoms with E-state index in [0.29, 0.717) is 16.4 Å². The van der Waals surface area contributed by atoms with Crippen LogP contribution in [-0.2, 0) is 19.6 Å². The zero-order valence-corrected chi connectivity index (χ0v) is 17.3. The molecule has 0 radical (unpaired) electrons. The fourth-order valence-corrected chi connectivity index (χ4v) is 3.88. The minimum absolute atomic E-state index is 0.233. The van der Waals surface area contributed by atoms with Crippen LogP contribution < -0.4 is 9.62 Å². The quantitative estimate of drug-likeness (QED) is 0.688. The van der Waals surface area contributed by atoms with Crippen LogP contribution in [0.1, 0.15) is 24.2 Å². The molecule has 0 aliphatic heterocycles. The third-order valence-electron chi connectivity index (χ3n) is 3.81. The maximum Gasteiger partial charge on any atom is 0.338 e. The van der Waals surface area contributed by atoms with Crippen LogP contribution in [0.4, 0.5) is 11.4 Å². The lowest BCUT2D eigenvalue weighted by atomic mass is 10.2. The first-order chi connectivity index (χ1) is 13.1. The summed E-state index contributed by atoms with van der Waals surface area (Å²) in [6.45, 7) is 3.40. The highest BCUT2D eigenvalue weighted by Crippen LogP contribution is 2.23. The smallest absolute Gasteiger partial charge is 0.338 e. The van der Waals surface area contributed by atoms with Crippen LogP contribution in [-0.4, -0.2) is 39.2 Å². The van der Waals surface area contributed by atoms with Gasteiger partial charge in [-0.1, -0.05) is 17.7 Å². The van der Waals surface area contributed by atoms with Gasteiger partial charge in [-0.15, -0.1) is 0 Å². The van der Waals surface area contributed by atoms with E-state index in [9.17, 15) is 18.0 Å². The van der Waals surface area contributed by atoms with Crippen LogP contribution in [0.15, 0.2) is 48.5 Å². The monoisotopic (exact) mass is 424 g/mol. The van der Waals surface area contributed by atoms with E-state index >= 15 is 0 Å². The molecule has 0 aromatic heterocycles. The summed E-state index contributed by atoms with van der Waals surface area (Å²) in [5, 5.41) is 3.08. The predicted molar refractivity (Wildman–Crippen MR) is 109 cm³/mol. The van der Waals surface area contributed by atoms with Crippen LogP contribution in [0.2, 0.25) is 5.02 Å². The van der Waals surface area contributed by atoms with Gasteiger partial charge in [-0.25, -0.2) is 13.2 Å². The van der Waals surface area contributed by atoms with Crippen LogP contribution in [0.3, 0.4) is 0 Å². The van der Waals surface area contributed by atoms with Gasteiger partial charge in [0.15, 0.2) is 0 Å². The van der Waals surface area contributed by atoms with Crippen LogP contribution in [0.25, 0.3) is 0 Å². The third kappa shape index (κ3) is 5.46. The molecule has 0 spiro atoms. The number of esters is 1. The molecule has 2 aromatic carbocycles. The minimum atomic E-state index is -3.74. The van der Waals surface area contributed by atoms with Crippen molar-refractivity contribution < 1.29 is 22.7 Å². The van der Waals surface area contributed by atoms with Crippen molar-refractivity contribution >= 4 is 44.9 Å². The van der Waals surface area contributed by atoms with E-state index in [4.69, 9.17) is 16.3 Å². The summed E-state index contributed by atoms with van der Waals surface area (Å²) in [5.74, 6) is -1.06. The molecule has 0 saturated heterocycles. The fraction of sp³-hybridized carbons (Fsp3) is 0.263. The molecule has 0 heterocycles. The van der Waals surface area contributed by atoms with E-state index in [1.54, 1.807) is 37.3 Å². The number of hydrogen-bond acceptors (Lipinski definition) is 5. The van der Waals surface area contributed by atoms with Crippen molar-refractivity contribution in [3.8, 4) is 0 Å². The summed E-state index contributed by atoms with van der Waals surface area (Å²) >= 11 is 5.86. The zero-order valence-electron chi connectivity index (χ0n) is 15.7. The van der Waals surface area contributed by atoms with Gasteiger partial charge in [-0.05, 0) is 56.3 Å². The standard InChI is InChI=1S/C19H21ClN2O5S/c1-4-27-19(24)14-6-5-7-16(12-14)21-18(23)13(2)22(28(3,25)26)17-10-8-15(20)9-11-17/h5-13H,4H2,1-3H3,(H,21,23)/t13-/m1/s1. The molecule has 2 aromatic rings. The summed E-state index contributed by atoms with van der Waals surface area (Å²) in [5.41, 5.74) is 0.951. The molecule has 0 aliphatic rings. The highest BCUT2D eigenvalue weighted by molar-refractivity contribution is 7.92. The number of carbonyl (C=O) groups excluding carboxylic acids is 2. The number of ether oxygens (including phenoxy) is 1. The van der Waals surface area contributed by atoms with Crippen LogP contribution in [0.5, 0.6) is 0 Å². The maximum absolute atomic E-state index is 12.7. The number of sulfonamides is 1. The second-order valence-corrected chi connectivity index (χ2v) is 8.30. The fourth-order valence-electron chi connectivity index (χ4n) is 2.58. The van der Waals surface area contributed by atoms with Crippen molar-refractivity contribution in [1.29, 1.82) is 0 Å². The molecular weight excluding hydrogens is 404 g/mol.